The Morgan fingerprint density at radius 2 is 1.85 bits per heavy atom. The van der Waals surface area contributed by atoms with Gasteiger partial charge in [-0.1, -0.05) is 50.0 Å². The number of phenols is 1. The first kappa shape index (κ1) is 24.7. The highest BCUT2D eigenvalue weighted by Gasteiger charge is 2.22. The average Bonchev–Trinajstić information content (AvgIpc) is 3.03. The minimum atomic E-state index is -0.522. The highest BCUT2D eigenvalue weighted by atomic mass is 35.5. The number of halogens is 2. The van der Waals surface area contributed by atoms with Crippen LogP contribution in [0.2, 0.25) is 10.0 Å². The Morgan fingerprint density at radius 3 is 2.48 bits per heavy atom. The van der Waals surface area contributed by atoms with Crippen molar-refractivity contribution in [1.82, 2.24) is 20.2 Å². The Kier molecular flexibility index (Phi) is 7.09. The molecule has 0 aliphatic heterocycles. The maximum Gasteiger partial charge on any atom is 0.255 e. The van der Waals surface area contributed by atoms with Crippen molar-refractivity contribution in [2.75, 3.05) is 11.9 Å². The molecule has 0 saturated heterocycles. The SMILES string of the molecule is CCNC(=O)c1cc2nc(Nc3c(Cl)ccc(CNC(=O)C(C)(C)C)c3Cl)n(C)c2cc1O. The monoisotopic (exact) mass is 491 g/mol. The summed E-state index contributed by atoms with van der Waals surface area (Å²) in [5.41, 5.74) is 1.87. The van der Waals surface area contributed by atoms with E-state index in [0.717, 1.165) is 0 Å². The molecule has 0 fully saturated rings. The van der Waals surface area contributed by atoms with E-state index in [0.29, 0.717) is 44.8 Å². The van der Waals surface area contributed by atoms with E-state index >= 15 is 0 Å². The van der Waals surface area contributed by atoms with Crippen molar-refractivity contribution < 1.29 is 14.7 Å². The predicted octanol–water partition coefficient (Wildman–Crippen LogP) is 4.74. The van der Waals surface area contributed by atoms with Crippen molar-refractivity contribution in [3.05, 3.63) is 45.4 Å². The van der Waals surface area contributed by atoms with Crippen molar-refractivity contribution in [2.45, 2.75) is 34.2 Å². The number of benzene rings is 2. The van der Waals surface area contributed by atoms with Crippen LogP contribution in [0.4, 0.5) is 11.6 Å². The van der Waals surface area contributed by atoms with Crippen molar-refractivity contribution in [2.24, 2.45) is 12.5 Å². The van der Waals surface area contributed by atoms with E-state index in [1.165, 1.54) is 12.1 Å². The number of carbonyl (C=O) groups excluding carboxylic acids is 2. The molecular weight excluding hydrogens is 465 g/mol. The van der Waals surface area contributed by atoms with Crippen LogP contribution >= 0.6 is 23.2 Å². The zero-order valence-electron chi connectivity index (χ0n) is 19.1. The zero-order valence-corrected chi connectivity index (χ0v) is 20.6. The molecule has 0 radical (unpaired) electrons. The third kappa shape index (κ3) is 5.17. The molecule has 2 aromatic carbocycles. The second-order valence-corrected chi connectivity index (χ2v) is 9.45. The second kappa shape index (κ2) is 9.49. The number of phenolic OH excluding ortho intramolecular Hbond substituents is 1. The van der Waals surface area contributed by atoms with Crippen LogP contribution in [-0.2, 0) is 18.4 Å². The normalized spacial score (nSPS) is 11.5. The molecule has 0 unspecified atom stereocenters. The van der Waals surface area contributed by atoms with Crippen molar-refractivity contribution in [1.29, 1.82) is 0 Å². The van der Waals surface area contributed by atoms with Gasteiger partial charge in [0.1, 0.15) is 5.75 Å². The van der Waals surface area contributed by atoms with E-state index in [2.05, 4.69) is 20.9 Å². The Hall–Kier alpha value is -2.97. The molecule has 4 N–H and O–H groups in total. The number of hydrogen-bond donors (Lipinski definition) is 4. The number of fused-ring (bicyclic) bond motifs is 1. The van der Waals surface area contributed by atoms with Gasteiger partial charge in [0.15, 0.2) is 0 Å². The van der Waals surface area contributed by atoms with Crippen molar-refractivity contribution in [3.8, 4) is 5.75 Å². The van der Waals surface area contributed by atoms with Crippen LogP contribution in [0, 0.1) is 5.41 Å². The molecular formula is C23H27Cl2N5O3. The number of hydrogen-bond acceptors (Lipinski definition) is 5. The summed E-state index contributed by atoms with van der Waals surface area (Å²) in [4.78, 5) is 29.0. The number of aromatic nitrogens is 2. The van der Waals surface area contributed by atoms with Crippen molar-refractivity contribution in [3.63, 3.8) is 0 Å². The number of carbonyl (C=O) groups is 2. The highest BCUT2D eigenvalue weighted by Crippen LogP contribution is 2.36. The number of aryl methyl sites for hydroxylation is 1. The number of nitrogens with one attached hydrogen (secondary N) is 3. The van der Waals surface area contributed by atoms with E-state index in [1.807, 2.05) is 20.8 Å². The number of nitrogens with zero attached hydrogens (tertiary/aromatic N) is 2. The molecule has 1 heterocycles. The van der Waals surface area contributed by atoms with E-state index in [9.17, 15) is 14.7 Å². The average molecular weight is 492 g/mol. The lowest BCUT2D eigenvalue weighted by Gasteiger charge is -2.19. The van der Waals surface area contributed by atoms with Gasteiger partial charge in [-0.05, 0) is 24.6 Å². The topological polar surface area (TPSA) is 108 Å². The Balaban J connectivity index is 1.94. The molecule has 33 heavy (non-hydrogen) atoms. The molecule has 0 aliphatic rings. The quantitative estimate of drug-likeness (QED) is 0.398. The molecule has 0 atom stereocenters. The summed E-state index contributed by atoms with van der Waals surface area (Å²) in [7, 11) is 1.76. The van der Waals surface area contributed by atoms with Gasteiger partial charge in [0.25, 0.3) is 5.91 Å². The van der Waals surface area contributed by atoms with Crippen LogP contribution in [0.3, 0.4) is 0 Å². The summed E-state index contributed by atoms with van der Waals surface area (Å²) in [5.74, 6) is -0.206. The van der Waals surface area contributed by atoms with Gasteiger partial charge >= 0.3 is 0 Å². The first-order valence-electron chi connectivity index (χ1n) is 10.4. The number of anilines is 2. The third-order valence-corrected chi connectivity index (χ3v) is 5.86. The molecule has 0 bridgehead atoms. The lowest BCUT2D eigenvalue weighted by molar-refractivity contribution is -0.128. The summed E-state index contributed by atoms with van der Waals surface area (Å²) >= 11 is 13.0. The molecule has 176 valence electrons. The summed E-state index contributed by atoms with van der Waals surface area (Å²) in [6, 6.07) is 6.46. The van der Waals surface area contributed by atoms with Gasteiger partial charge in [-0.2, -0.15) is 0 Å². The fraction of sp³-hybridized carbons (Fsp3) is 0.348. The van der Waals surface area contributed by atoms with E-state index < -0.39 is 5.41 Å². The molecule has 0 spiro atoms. The van der Waals surface area contributed by atoms with Crippen LogP contribution in [0.1, 0.15) is 43.6 Å². The summed E-state index contributed by atoms with van der Waals surface area (Å²) in [6.07, 6.45) is 0. The number of imidazole rings is 1. The van der Waals surface area contributed by atoms with Crippen LogP contribution in [0.25, 0.3) is 11.0 Å². The zero-order chi connectivity index (χ0) is 24.5. The standard InChI is InChI=1S/C23H27Cl2N5O3/c1-6-26-20(32)13-9-15-16(10-17(13)31)30(5)22(28-15)29-19-14(24)8-7-12(18(19)25)11-27-21(33)23(2,3)4/h7-10,31H,6,11H2,1-5H3,(H,26,32)(H,27,33)(H,28,29). The first-order valence-corrected chi connectivity index (χ1v) is 11.2. The van der Waals surface area contributed by atoms with E-state index in [-0.39, 0.29) is 29.7 Å². The number of amides is 2. The Bertz CT molecular complexity index is 1230. The van der Waals surface area contributed by atoms with Crippen LogP contribution < -0.4 is 16.0 Å². The summed E-state index contributed by atoms with van der Waals surface area (Å²) in [6.45, 7) is 7.98. The molecule has 0 aliphatic carbocycles. The Morgan fingerprint density at radius 1 is 1.15 bits per heavy atom. The second-order valence-electron chi connectivity index (χ2n) is 8.67. The third-order valence-electron chi connectivity index (χ3n) is 5.11. The molecule has 3 aromatic rings. The molecule has 1 aromatic heterocycles. The lowest BCUT2D eigenvalue weighted by Crippen LogP contribution is -2.34. The van der Waals surface area contributed by atoms with Gasteiger partial charge in [-0.15, -0.1) is 0 Å². The molecule has 10 heteroatoms. The minimum absolute atomic E-state index is 0.0962. The van der Waals surface area contributed by atoms with E-state index in [4.69, 9.17) is 23.2 Å². The minimum Gasteiger partial charge on any atom is -0.507 e. The molecule has 3 rings (SSSR count). The largest absolute Gasteiger partial charge is 0.507 e. The number of aromatic hydroxyl groups is 1. The van der Waals surface area contributed by atoms with Crippen molar-refractivity contribution >= 4 is 57.7 Å². The van der Waals surface area contributed by atoms with Gasteiger partial charge in [0.2, 0.25) is 11.9 Å². The van der Waals surface area contributed by atoms with Crippen LogP contribution in [-0.4, -0.2) is 33.0 Å². The van der Waals surface area contributed by atoms with Gasteiger partial charge in [-0.3, -0.25) is 9.59 Å². The fourth-order valence-corrected chi connectivity index (χ4v) is 3.71. The van der Waals surface area contributed by atoms with Crippen LogP contribution in [0.5, 0.6) is 5.75 Å². The molecule has 8 nitrogen and oxygen atoms in total. The van der Waals surface area contributed by atoms with Crippen LogP contribution in [0.15, 0.2) is 24.3 Å². The Labute approximate surface area is 202 Å². The highest BCUT2D eigenvalue weighted by molar-refractivity contribution is 6.39. The van der Waals surface area contributed by atoms with Gasteiger partial charge in [0.05, 0.1) is 32.3 Å². The fourth-order valence-electron chi connectivity index (χ4n) is 3.18. The summed E-state index contributed by atoms with van der Waals surface area (Å²) in [5, 5.41) is 19.7. The predicted molar refractivity (Wildman–Crippen MR) is 131 cm³/mol. The molecule has 0 saturated carbocycles. The number of rotatable bonds is 6. The maximum atomic E-state index is 12.2. The maximum absolute atomic E-state index is 12.2. The van der Waals surface area contributed by atoms with Gasteiger partial charge in [0, 0.05) is 31.6 Å². The molecule has 2 amide bonds. The van der Waals surface area contributed by atoms with E-state index in [1.54, 1.807) is 30.7 Å². The lowest BCUT2D eigenvalue weighted by atomic mass is 9.95. The van der Waals surface area contributed by atoms with Gasteiger partial charge < -0.3 is 25.6 Å². The first-order chi connectivity index (χ1) is 15.4. The summed E-state index contributed by atoms with van der Waals surface area (Å²) < 4.78 is 1.72. The smallest absolute Gasteiger partial charge is 0.255 e. The van der Waals surface area contributed by atoms with Gasteiger partial charge in [-0.25, -0.2) is 4.98 Å².